The van der Waals surface area contributed by atoms with E-state index in [-0.39, 0.29) is 0 Å². The molecule has 0 unspecified atom stereocenters. The predicted octanol–water partition coefficient (Wildman–Crippen LogP) is 4.35. The van der Waals surface area contributed by atoms with Crippen LogP contribution in [-0.4, -0.2) is 6.29 Å². The first kappa shape index (κ1) is 12.7. The lowest BCUT2D eigenvalue weighted by atomic mass is 9.78. The summed E-state index contributed by atoms with van der Waals surface area (Å²) in [6.45, 7) is 2.27. The molecule has 0 aliphatic heterocycles. The van der Waals surface area contributed by atoms with Crippen molar-refractivity contribution in [2.24, 2.45) is 11.8 Å². The molecule has 0 aromatic rings. The summed E-state index contributed by atoms with van der Waals surface area (Å²) < 4.78 is 0. The minimum Gasteiger partial charge on any atom is -0.303 e. The topological polar surface area (TPSA) is 17.1 Å². The Labute approximate surface area is 94.6 Å². The van der Waals surface area contributed by atoms with Crippen LogP contribution in [-0.2, 0) is 4.79 Å². The number of unbranched alkanes of at least 4 members (excludes halogenated alkanes) is 2. The van der Waals surface area contributed by atoms with Crippen LogP contribution < -0.4 is 0 Å². The van der Waals surface area contributed by atoms with Gasteiger partial charge in [0.1, 0.15) is 6.29 Å². The SMILES string of the molecule is CCCCCC1CCC(CCC=O)CC1. The maximum Gasteiger partial charge on any atom is 0.120 e. The van der Waals surface area contributed by atoms with Crippen molar-refractivity contribution >= 4 is 6.29 Å². The molecule has 1 saturated carbocycles. The first-order valence-corrected chi connectivity index (χ1v) is 6.80. The van der Waals surface area contributed by atoms with E-state index in [0.717, 1.165) is 31.0 Å². The van der Waals surface area contributed by atoms with Gasteiger partial charge in [0, 0.05) is 6.42 Å². The maximum absolute atomic E-state index is 10.3. The van der Waals surface area contributed by atoms with Crippen molar-refractivity contribution < 1.29 is 4.79 Å². The van der Waals surface area contributed by atoms with Gasteiger partial charge in [0.15, 0.2) is 0 Å². The van der Waals surface area contributed by atoms with E-state index >= 15 is 0 Å². The zero-order valence-corrected chi connectivity index (χ0v) is 10.2. The molecule has 1 heteroatoms. The fourth-order valence-electron chi connectivity index (χ4n) is 2.80. The normalized spacial score (nSPS) is 26.5. The summed E-state index contributed by atoms with van der Waals surface area (Å²) in [5.74, 6) is 1.86. The highest BCUT2D eigenvalue weighted by Crippen LogP contribution is 2.33. The van der Waals surface area contributed by atoms with Crippen LogP contribution in [0.5, 0.6) is 0 Å². The maximum atomic E-state index is 10.3. The fourth-order valence-corrected chi connectivity index (χ4v) is 2.80. The second kappa shape index (κ2) is 7.90. The van der Waals surface area contributed by atoms with Crippen LogP contribution in [0.15, 0.2) is 0 Å². The lowest BCUT2D eigenvalue weighted by molar-refractivity contribution is -0.108. The average molecular weight is 210 g/mol. The number of carbonyl (C=O) groups is 1. The van der Waals surface area contributed by atoms with Crippen molar-refractivity contribution in [2.75, 3.05) is 0 Å². The molecule has 1 rings (SSSR count). The van der Waals surface area contributed by atoms with Gasteiger partial charge in [0.2, 0.25) is 0 Å². The molecule has 1 aliphatic rings. The van der Waals surface area contributed by atoms with Crippen molar-refractivity contribution in [3.8, 4) is 0 Å². The van der Waals surface area contributed by atoms with Gasteiger partial charge in [-0.2, -0.15) is 0 Å². The van der Waals surface area contributed by atoms with Crippen LogP contribution in [0.2, 0.25) is 0 Å². The van der Waals surface area contributed by atoms with Gasteiger partial charge < -0.3 is 4.79 Å². The number of aldehydes is 1. The summed E-state index contributed by atoms with van der Waals surface area (Å²) in [6.07, 6.45) is 14.2. The van der Waals surface area contributed by atoms with Crippen LogP contribution in [0.1, 0.15) is 71.1 Å². The quantitative estimate of drug-likeness (QED) is 0.451. The summed E-state index contributed by atoms with van der Waals surface area (Å²) >= 11 is 0. The summed E-state index contributed by atoms with van der Waals surface area (Å²) in [7, 11) is 0. The highest BCUT2D eigenvalue weighted by Gasteiger charge is 2.20. The van der Waals surface area contributed by atoms with Crippen LogP contribution in [0.4, 0.5) is 0 Å². The Bertz CT molecular complexity index is 157. The summed E-state index contributed by atoms with van der Waals surface area (Å²) in [4.78, 5) is 10.3. The van der Waals surface area contributed by atoms with E-state index in [4.69, 9.17) is 0 Å². The smallest absolute Gasteiger partial charge is 0.120 e. The number of carbonyl (C=O) groups excluding carboxylic acids is 1. The second-order valence-electron chi connectivity index (χ2n) is 5.13. The largest absolute Gasteiger partial charge is 0.303 e. The Balaban J connectivity index is 2.04. The highest BCUT2D eigenvalue weighted by molar-refractivity contribution is 5.49. The Morgan fingerprint density at radius 2 is 1.60 bits per heavy atom. The number of hydrogen-bond acceptors (Lipinski definition) is 1. The number of hydrogen-bond donors (Lipinski definition) is 0. The lowest BCUT2D eigenvalue weighted by Gasteiger charge is -2.28. The zero-order valence-electron chi connectivity index (χ0n) is 10.2. The monoisotopic (exact) mass is 210 g/mol. The van der Waals surface area contributed by atoms with Gasteiger partial charge in [-0.3, -0.25) is 0 Å². The molecule has 0 radical (unpaired) electrons. The molecular weight excluding hydrogens is 184 g/mol. The predicted molar refractivity (Wildman–Crippen MR) is 64.9 cm³/mol. The third kappa shape index (κ3) is 5.34. The summed E-state index contributed by atoms with van der Waals surface area (Å²) in [5.41, 5.74) is 0. The van der Waals surface area contributed by atoms with Gasteiger partial charge in [-0.25, -0.2) is 0 Å². The molecule has 1 nitrogen and oxygen atoms in total. The van der Waals surface area contributed by atoms with Gasteiger partial charge in [0.25, 0.3) is 0 Å². The molecule has 1 aliphatic carbocycles. The molecule has 0 bridgehead atoms. The van der Waals surface area contributed by atoms with Gasteiger partial charge in [-0.05, 0) is 18.3 Å². The molecule has 0 aromatic carbocycles. The van der Waals surface area contributed by atoms with Crippen LogP contribution in [0, 0.1) is 11.8 Å². The first-order valence-electron chi connectivity index (χ1n) is 6.80. The second-order valence-corrected chi connectivity index (χ2v) is 5.13. The van der Waals surface area contributed by atoms with E-state index in [1.807, 2.05) is 0 Å². The fraction of sp³-hybridized carbons (Fsp3) is 0.929. The van der Waals surface area contributed by atoms with Gasteiger partial charge in [-0.1, -0.05) is 58.3 Å². The molecule has 0 aromatic heterocycles. The average Bonchev–Trinajstić information content (AvgIpc) is 2.28. The van der Waals surface area contributed by atoms with Gasteiger partial charge in [-0.15, -0.1) is 0 Å². The van der Waals surface area contributed by atoms with Crippen molar-refractivity contribution in [3.05, 3.63) is 0 Å². The molecule has 0 spiro atoms. The third-order valence-electron chi connectivity index (χ3n) is 3.88. The molecule has 1 fully saturated rings. The third-order valence-corrected chi connectivity index (χ3v) is 3.88. The summed E-state index contributed by atoms with van der Waals surface area (Å²) in [5, 5.41) is 0. The molecule has 15 heavy (non-hydrogen) atoms. The Morgan fingerprint density at radius 3 is 2.13 bits per heavy atom. The van der Waals surface area contributed by atoms with Crippen molar-refractivity contribution in [1.29, 1.82) is 0 Å². The standard InChI is InChI=1S/C14H26O/c1-2-3-4-6-13-8-10-14(11-9-13)7-5-12-15/h12-14H,2-11H2,1H3. The molecule has 0 saturated heterocycles. The van der Waals surface area contributed by atoms with E-state index in [1.54, 1.807) is 0 Å². The molecule has 0 amide bonds. The van der Waals surface area contributed by atoms with E-state index in [2.05, 4.69) is 6.92 Å². The highest BCUT2D eigenvalue weighted by atomic mass is 16.1. The molecule has 0 atom stereocenters. The lowest BCUT2D eigenvalue weighted by Crippen LogP contribution is -2.14. The van der Waals surface area contributed by atoms with Crippen LogP contribution in [0.25, 0.3) is 0 Å². The van der Waals surface area contributed by atoms with Crippen LogP contribution in [0.3, 0.4) is 0 Å². The van der Waals surface area contributed by atoms with E-state index < -0.39 is 0 Å². The molecule has 0 N–H and O–H groups in total. The van der Waals surface area contributed by atoms with Crippen LogP contribution >= 0.6 is 0 Å². The minimum absolute atomic E-state index is 0.783. The minimum atomic E-state index is 0.783. The van der Waals surface area contributed by atoms with E-state index in [0.29, 0.717) is 0 Å². The van der Waals surface area contributed by atoms with E-state index in [9.17, 15) is 4.79 Å². The molecular formula is C14H26O. The Kier molecular flexibility index (Phi) is 6.71. The van der Waals surface area contributed by atoms with E-state index in [1.165, 1.54) is 51.4 Å². The summed E-state index contributed by atoms with van der Waals surface area (Å²) in [6, 6.07) is 0. The zero-order chi connectivity index (χ0) is 10.9. The Hall–Kier alpha value is -0.330. The van der Waals surface area contributed by atoms with Gasteiger partial charge >= 0.3 is 0 Å². The van der Waals surface area contributed by atoms with Crippen molar-refractivity contribution in [1.82, 2.24) is 0 Å². The molecule has 88 valence electrons. The number of rotatable bonds is 7. The Morgan fingerprint density at radius 1 is 1.00 bits per heavy atom. The van der Waals surface area contributed by atoms with Crippen molar-refractivity contribution in [2.45, 2.75) is 71.1 Å². The van der Waals surface area contributed by atoms with Gasteiger partial charge in [0.05, 0.1) is 0 Å². The molecule has 0 heterocycles. The first-order chi connectivity index (χ1) is 7.36. The van der Waals surface area contributed by atoms with Crippen molar-refractivity contribution in [3.63, 3.8) is 0 Å².